The molecule has 3 rings (SSSR count). The van der Waals surface area contributed by atoms with Crippen LogP contribution in [0.25, 0.3) is 16.9 Å². The normalized spacial score (nSPS) is 11.6. The molecule has 7 nitrogen and oxygen atoms in total. The number of imidazole rings is 2. The Morgan fingerprint density at radius 3 is 2.45 bits per heavy atom. The van der Waals surface area contributed by atoms with Crippen LogP contribution in [-0.2, 0) is 20.1 Å². The van der Waals surface area contributed by atoms with E-state index < -0.39 is 0 Å². The summed E-state index contributed by atoms with van der Waals surface area (Å²) in [5.74, 6) is 0.691. The van der Waals surface area contributed by atoms with E-state index in [1.54, 1.807) is 13.1 Å². The number of nitrogens with zero attached hydrogens (tertiary/aromatic N) is 5. The summed E-state index contributed by atoms with van der Waals surface area (Å²) in [6.07, 6.45) is 1.54. The Labute approximate surface area is 126 Å². The number of aromatic nitrogens is 5. The Hall–Kier alpha value is -2.57. The molecule has 116 valence electrons. The standard InChI is InChI=1S/C15H19N5O2/c1-6-8-19-13(21)11-12(17(5)15(19)22)16-14-18(7-2)9(3)10(4)20(11)14/h6H,1,7-8H2,2-5H3. The van der Waals surface area contributed by atoms with Crippen LogP contribution in [0.2, 0.25) is 0 Å². The van der Waals surface area contributed by atoms with Crippen molar-refractivity contribution < 1.29 is 0 Å². The molecule has 22 heavy (non-hydrogen) atoms. The summed E-state index contributed by atoms with van der Waals surface area (Å²) in [7, 11) is 1.63. The highest BCUT2D eigenvalue weighted by molar-refractivity contribution is 5.76. The molecule has 3 aromatic rings. The second-order valence-electron chi connectivity index (χ2n) is 5.38. The second kappa shape index (κ2) is 4.72. The summed E-state index contributed by atoms with van der Waals surface area (Å²) in [5.41, 5.74) is 2.16. The Kier molecular flexibility index (Phi) is 3.09. The highest BCUT2D eigenvalue weighted by atomic mass is 16.2. The molecule has 3 heterocycles. The fourth-order valence-electron chi connectivity index (χ4n) is 2.98. The van der Waals surface area contributed by atoms with Gasteiger partial charge >= 0.3 is 5.69 Å². The first kappa shape index (κ1) is 14.4. The third kappa shape index (κ3) is 1.59. The fourth-order valence-corrected chi connectivity index (χ4v) is 2.98. The number of hydrogen-bond acceptors (Lipinski definition) is 3. The Morgan fingerprint density at radius 2 is 1.86 bits per heavy atom. The van der Waals surface area contributed by atoms with Gasteiger partial charge in [-0.1, -0.05) is 6.08 Å². The van der Waals surface area contributed by atoms with E-state index in [0.29, 0.717) is 16.9 Å². The summed E-state index contributed by atoms with van der Waals surface area (Å²) < 4.78 is 6.48. The smallest absolute Gasteiger partial charge is 0.314 e. The lowest BCUT2D eigenvalue weighted by atomic mass is 10.3. The molecule has 0 N–H and O–H groups in total. The van der Waals surface area contributed by atoms with E-state index in [0.717, 1.165) is 17.9 Å². The monoisotopic (exact) mass is 301 g/mol. The highest BCUT2D eigenvalue weighted by Gasteiger charge is 2.21. The Balaban J connectivity index is 2.64. The Morgan fingerprint density at radius 1 is 1.18 bits per heavy atom. The van der Waals surface area contributed by atoms with Gasteiger partial charge in [-0.25, -0.2) is 4.79 Å². The summed E-state index contributed by atoms with van der Waals surface area (Å²) in [6, 6.07) is 0. The van der Waals surface area contributed by atoms with Crippen molar-refractivity contribution in [2.45, 2.75) is 33.9 Å². The van der Waals surface area contributed by atoms with Crippen molar-refractivity contribution in [3.63, 3.8) is 0 Å². The van der Waals surface area contributed by atoms with Crippen molar-refractivity contribution in [2.75, 3.05) is 0 Å². The van der Waals surface area contributed by atoms with Crippen LogP contribution in [0.15, 0.2) is 22.2 Å². The minimum absolute atomic E-state index is 0.182. The van der Waals surface area contributed by atoms with Gasteiger partial charge in [-0.3, -0.25) is 18.3 Å². The number of allylic oxidation sites excluding steroid dienone is 1. The van der Waals surface area contributed by atoms with E-state index in [-0.39, 0.29) is 17.8 Å². The van der Waals surface area contributed by atoms with Crippen LogP contribution in [0.1, 0.15) is 18.3 Å². The van der Waals surface area contributed by atoms with E-state index in [2.05, 4.69) is 11.6 Å². The van der Waals surface area contributed by atoms with Crippen LogP contribution in [0.5, 0.6) is 0 Å². The van der Waals surface area contributed by atoms with Gasteiger partial charge in [0, 0.05) is 31.5 Å². The lowest BCUT2D eigenvalue weighted by Crippen LogP contribution is -2.39. The predicted octanol–water partition coefficient (Wildman–Crippen LogP) is 0.972. The average Bonchev–Trinajstić information content (AvgIpc) is 2.99. The van der Waals surface area contributed by atoms with Gasteiger partial charge in [0.1, 0.15) is 0 Å². The van der Waals surface area contributed by atoms with Gasteiger partial charge < -0.3 is 4.57 Å². The third-order valence-corrected chi connectivity index (χ3v) is 4.26. The molecule has 0 atom stereocenters. The summed E-state index contributed by atoms with van der Waals surface area (Å²) in [4.78, 5) is 29.6. The number of rotatable bonds is 3. The lowest BCUT2D eigenvalue weighted by Gasteiger charge is -2.06. The second-order valence-corrected chi connectivity index (χ2v) is 5.38. The van der Waals surface area contributed by atoms with E-state index in [1.165, 1.54) is 9.13 Å². The maximum atomic E-state index is 12.8. The first-order valence-electron chi connectivity index (χ1n) is 7.22. The van der Waals surface area contributed by atoms with Crippen LogP contribution < -0.4 is 11.2 Å². The zero-order valence-corrected chi connectivity index (χ0v) is 13.3. The molecular weight excluding hydrogens is 282 g/mol. The molecule has 7 heteroatoms. The van der Waals surface area contributed by atoms with Gasteiger partial charge in [0.05, 0.1) is 0 Å². The molecule has 0 aromatic carbocycles. The van der Waals surface area contributed by atoms with Crippen LogP contribution in [-0.4, -0.2) is 23.1 Å². The minimum Gasteiger partial charge on any atom is -0.314 e. The summed E-state index contributed by atoms with van der Waals surface area (Å²) in [6.45, 7) is 10.5. The molecule has 0 amide bonds. The molecule has 0 bridgehead atoms. The van der Waals surface area contributed by atoms with E-state index in [4.69, 9.17) is 0 Å². The first-order valence-corrected chi connectivity index (χ1v) is 7.22. The van der Waals surface area contributed by atoms with Gasteiger partial charge in [0.15, 0.2) is 11.2 Å². The molecule has 0 aliphatic rings. The molecule has 3 aromatic heterocycles. The SMILES string of the molecule is C=CCn1c(=O)c2c(nc3n(CC)c(C)c(C)n23)n(C)c1=O. The minimum atomic E-state index is -0.379. The third-order valence-electron chi connectivity index (χ3n) is 4.26. The van der Waals surface area contributed by atoms with Crippen LogP contribution in [0.4, 0.5) is 0 Å². The van der Waals surface area contributed by atoms with Gasteiger partial charge in [-0.2, -0.15) is 4.98 Å². The lowest BCUT2D eigenvalue weighted by molar-refractivity contribution is 0.667. The number of hydrogen-bond donors (Lipinski definition) is 0. The zero-order chi connectivity index (χ0) is 16.2. The van der Waals surface area contributed by atoms with Crippen LogP contribution in [0.3, 0.4) is 0 Å². The van der Waals surface area contributed by atoms with Crippen molar-refractivity contribution in [1.29, 1.82) is 0 Å². The predicted molar refractivity (Wildman–Crippen MR) is 85.5 cm³/mol. The molecule has 0 aliphatic carbocycles. The maximum absolute atomic E-state index is 12.8. The van der Waals surface area contributed by atoms with Crippen LogP contribution >= 0.6 is 0 Å². The molecule has 0 saturated carbocycles. The van der Waals surface area contributed by atoms with Gasteiger partial charge in [0.2, 0.25) is 5.78 Å². The number of aryl methyl sites for hydroxylation is 3. The van der Waals surface area contributed by atoms with Crippen molar-refractivity contribution in [3.8, 4) is 0 Å². The fraction of sp³-hybridized carbons (Fsp3) is 0.400. The van der Waals surface area contributed by atoms with E-state index in [1.807, 2.05) is 29.7 Å². The van der Waals surface area contributed by atoms with Crippen LogP contribution in [0, 0.1) is 13.8 Å². The highest BCUT2D eigenvalue weighted by Crippen LogP contribution is 2.20. The number of fused-ring (bicyclic) bond motifs is 3. The maximum Gasteiger partial charge on any atom is 0.332 e. The largest absolute Gasteiger partial charge is 0.332 e. The Bertz CT molecular complexity index is 1030. The average molecular weight is 301 g/mol. The molecule has 0 aliphatic heterocycles. The molecule has 0 fully saturated rings. The van der Waals surface area contributed by atoms with Crippen molar-refractivity contribution in [3.05, 3.63) is 44.9 Å². The van der Waals surface area contributed by atoms with Crippen molar-refractivity contribution >= 4 is 16.9 Å². The van der Waals surface area contributed by atoms with Crippen molar-refractivity contribution in [2.24, 2.45) is 7.05 Å². The quantitative estimate of drug-likeness (QED) is 0.677. The van der Waals surface area contributed by atoms with Gasteiger partial charge in [-0.05, 0) is 20.8 Å². The van der Waals surface area contributed by atoms with Gasteiger partial charge in [-0.15, -0.1) is 6.58 Å². The van der Waals surface area contributed by atoms with E-state index in [9.17, 15) is 9.59 Å². The molecule has 0 radical (unpaired) electrons. The van der Waals surface area contributed by atoms with Gasteiger partial charge in [0.25, 0.3) is 5.56 Å². The molecule has 0 spiro atoms. The first-order chi connectivity index (χ1) is 10.4. The molecule has 0 saturated heterocycles. The summed E-state index contributed by atoms with van der Waals surface area (Å²) in [5, 5.41) is 0. The topological polar surface area (TPSA) is 66.2 Å². The molecular formula is C15H19N5O2. The zero-order valence-electron chi connectivity index (χ0n) is 13.3. The van der Waals surface area contributed by atoms with E-state index >= 15 is 0 Å². The van der Waals surface area contributed by atoms with Crippen molar-refractivity contribution in [1.82, 2.24) is 23.1 Å². The molecule has 0 unspecified atom stereocenters. The summed E-state index contributed by atoms with van der Waals surface area (Å²) >= 11 is 0.